The molecule has 1 aromatic rings. The monoisotopic (exact) mass is 234 g/mol. The predicted octanol–water partition coefficient (Wildman–Crippen LogP) is 1.67. The average molecular weight is 234 g/mol. The molecule has 0 unspecified atom stereocenters. The molecular formula is C14H22N2O. The molecule has 0 saturated carbocycles. The molecule has 1 aromatic carbocycles. The lowest BCUT2D eigenvalue weighted by molar-refractivity contribution is 0.214. The second-order valence-corrected chi connectivity index (χ2v) is 4.61. The van der Waals surface area contributed by atoms with Gasteiger partial charge in [-0.05, 0) is 31.0 Å². The second-order valence-electron chi connectivity index (χ2n) is 4.61. The van der Waals surface area contributed by atoms with Crippen molar-refractivity contribution < 1.29 is 4.74 Å². The van der Waals surface area contributed by atoms with Crippen LogP contribution in [0.25, 0.3) is 0 Å². The molecule has 1 fully saturated rings. The van der Waals surface area contributed by atoms with Crippen molar-refractivity contribution in [2.24, 2.45) is 0 Å². The average Bonchev–Trinajstić information content (AvgIpc) is 2.36. The van der Waals surface area contributed by atoms with Crippen LogP contribution < -0.4 is 10.1 Å². The summed E-state index contributed by atoms with van der Waals surface area (Å²) in [5.41, 5.74) is 1.25. The summed E-state index contributed by atoms with van der Waals surface area (Å²) in [4.78, 5) is 2.50. The van der Waals surface area contributed by atoms with Gasteiger partial charge in [0.15, 0.2) is 0 Å². The molecule has 1 heterocycles. The van der Waals surface area contributed by atoms with Crippen LogP contribution in [0.5, 0.6) is 5.75 Å². The summed E-state index contributed by atoms with van der Waals surface area (Å²) in [5, 5.41) is 3.36. The van der Waals surface area contributed by atoms with E-state index in [-0.39, 0.29) is 0 Å². The number of piperazine rings is 1. The molecule has 0 aliphatic carbocycles. The van der Waals surface area contributed by atoms with Crippen molar-refractivity contribution in [1.82, 2.24) is 10.2 Å². The summed E-state index contributed by atoms with van der Waals surface area (Å²) in [5.74, 6) is 0.991. The van der Waals surface area contributed by atoms with E-state index in [0.717, 1.165) is 38.4 Å². The van der Waals surface area contributed by atoms with Crippen LogP contribution in [0.2, 0.25) is 0 Å². The molecule has 1 aliphatic heterocycles. The van der Waals surface area contributed by atoms with E-state index < -0.39 is 0 Å². The summed E-state index contributed by atoms with van der Waals surface area (Å²) in [7, 11) is 0. The number of ether oxygens (including phenoxy) is 1. The van der Waals surface area contributed by atoms with Gasteiger partial charge in [0, 0.05) is 32.7 Å². The molecule has 2 rings (SSSR count). The second kappa shape index (κ2) is 6.62. The molecule has 3 heteroatoms. The molecule has 1 aliphatic rings. The lowest BCUT2D eigenvalue weighted by Crippen LogP contribution is -2.43. The lowest BCUT2D eigenvalue weighted by Gasteiger charge is -2.26. The first-order chi connectivity index (χ1) is 8.34. The van der Waals surface area contributed by atoms with Gasteiger partial charge >= 0.3 is 0 Å². The first-order valence-corrected chi connectivity index (χ1v) is 6.47. The molecule has 1 N–H and O–H groups in total. The first-order valence-electron chi connectivity index (χ1n) is 6.47. The maximum absolute atomic E-state index is 5.74. The summed E-state index contributed by atoms with van der Waals surface area (Å²) < 4.78 is 5.74. The Morgan fingerprint density at radius 2 is 2.12 bits per heavy atom. The fraction of sp³-hybridized carbons (Fsp3) is 0.571. The Kier molecular flexibility index (Phi) is 4.83. The van der Waals surface area contributed by atoms with Crippen LogP contribution >= 0.6 is 0 Å². The molecule has 1 saturated heterocycles. The topological polar surface area (TPSA) is 24.5 Å². The third-order valence-electron chi connectivity index (χ3n) is 3.09. The summed E-state index contributed by atoms with van der Waals surface area (Å²) in [6.45, 7) is 8.64. The smallest absolute Gasteiger partial charge is 0.119 e. The number of hydrogen-bond donors (Lipinski definition) is 1. The summed E-state index contributed by atoms with van der Waals surface area (Å²) in [6.07, 6.45) is 1.11. The van der Waals surface area contributed by atoms with Gasteiger partial charge < -0.3 is 15.0 Å². The van der Waals surface area contributed by atoms with Crippen molar-refractivity contribution in [3.8, 4) is 5.75 Å². The first kappa shape index (κ1) is 12.4. The van der Waals surface area contributed by atoms with E-state index in [1.54, 1.807) is 0 Å². The zero-order valence-corrected chi connectivity index (χ0v) is 10.6. The SMILES string of the molecule is Cc1cccc(OCCCN2CCNCC2)c1. The van der Waals surface area contributed by atoms with Crippen LogP contribution in [0, 0.1) is 6.92 Å². The van der Waals surface area contributed by atoms with Crippen molar-refractivity contribution in [3.05, 3.63) is 29.8 Å². The summed E-state index contributed by atoms with van der Waals surface area (Å²) >= 11 is 0. The number of rotatable bonds is 5. The fourth-order valence-corrected chi connectivity index (χ4v) is 2.12. The molecule has 0 radical (unpaired) electrons. The van der Waals surface area contributed by atoms with Crippen LogP contribution in [0.3, 0.4) is 0 Å². The molecule has 94 valence electrons. The van der Waals surface area contributed by atoms with Gasteiger partial charge in [-0.1, -0.05) is 12.1 Å². The summed E-state index contributed by atoms with van der Waals surface area (Å²) in [6, 6.07) is 8.25. The fourth-order valence-electron chi connectivity index (χ4n) is 2.12. The molecule has 0 bridgehead atoms. The molecule has 0 spiro atoms. The van der Waals surface area contributed by atoms with E-state index in [9.17, 15) is 0 Å². The maximum Gasteiger partial charge on any atom is 0.119 e. The van der Waals surface area contributed by atoms with Gasteiger partial charge in [-0.3, -0.25) is 0 Å². The van der Waals surface area contributed by atoms with Crippen LogP contribution in [-0.4, -0.2) is 44.2 Å². The number of benzene rings is 1. The van der Waals surface area contributed by atoms with E-state index in [1.807, 2.05) is 12.1 Å². The van der Waals surface area contributed by atoms with Crippen molar-refractivity contribution in [2.45, 2.75) is 13.3 Å². The highest BCUT2D eigenvalue weighted by molar-refractivity contribution is 5.27. The molecule has 3 nitrogen and oxygen atoms in total. The van der Waals surface area contributed by atoms with Crippen molar-refractivity contribution >= 4 is 0 Å². The molecular weight excluding hydrogens is 212 g/mol. The van der Waals surface area contributed by atoms with Crippen molar-refractivity contribution in [3.63, 3.8) is 0 Å². The minimum Gasteiger partial charge on any atom is -0.494 e. The third kappa shape index (κ3) is 4.36. The van der Waals surface area contributed by atoms with Crippen LogP contribution in [0.15, 0.2) is 24.3 Å². The van der Waals surface area contributed by atoms with Gasteiger partial charge in [-0.25, -0.2) is 0 Å². The highest BCUT2D eigenvalue weighted by Gasteiger charge is 2.08. The Hall–Kier alpha value is -1.06. The van der Waals surface area contributed by atoms with Gasteiger partial charge in [-0.2, -0.15) is 0 Å². The minimum atomic E-state index is 0.813. The lowest BCUT2D eigenvalue weighted by atomic mass is 10.2. The number of hydrogen-bond acceptors (Lipinski definition) is 3. The van der Waals surface area contributed by atoms with Gasteiger partial charge in [-0.15, -0.1) is 0 Å². The minimum absolute atomic E-state index is 0.813. The zero-order chi connectivity index (χ0) is 11.9. The highest BCUT2D eigenvalue weighted by Crippen LogP contribution is 2.12. The predicted molar refractivity (Wildman–Crippen MR) is 70.6 cm³/mol. The van der Waals surface area contributed by atoms with E-state index in [4.69, 9.17) is 4.74 Å². The van der Waals surface area contributed by atoms with E-state index in [1.165, 1.54) is 18.7 Å². The zero-order valence-electron chi connectivity index (χ0n) is 10.6. The van der Waals surface area contributed by atoms with Gasteiger partial charge in [0.05, 0.1) is 6.61 Å². The Morgan fingerprint density at radius 3 is 2.88 bits per heavy atom. The number of nitrogens with zero attached hydrogens (tertiary/aromatic N) is 1. The molecule has 0 atom stereocenters. The van der Waals surface area contributed by atoms with Gasteiger partial charge in [0.2, 0.25) is 0 Å². The third-order valence-corrected chi connectivity index (χ3v) is 3.09. The largest absolute Gasteiger partial charge is 0.494 e. The molecule has 0 aromatic heterocycles. The Bertz CT molecular complexity index is 335. The van der Waals surface area contributed by atoms with Gasteiger partial charge in [0.1, 0.15) is 5.75 Å². The maximum atomic E-state index is 5.74. The Morgan fingerprint density at radius 1 is 1.29 bits per heavy atom. The van der Waals surface area contributed by atoms with Crippen LogP contribution in [-0.2, 0) is 0 Å². The van der Waals surface area contributed by atoms with Crippen molar-refractivity contribution in [1.29, 1.82) is 0 Å². The van der Waals surface area contributed by atoms with E-state index >= 15 is 0 Å². The number of nitrogens with one attached hydrogen (secondary N) is 1. The Balaban J connectivity index is 1.62. The van der Waals surface area contributed by atoms with Crippen molar-refractivity contribution in [2.75, 3.05) is 39.3 Å². The van der Waals surface area contributed by atoms with E-state index in [2.05, 4.69) is 29.3 Å². The normalized spacial score (nSPS) is 17.0. The highest BCUT2D eigenvalue weighted by atomic mass is 16.5. The Labute approximate surface area is 104 Å². The van der Waals surface area contributed by atoms with Crippen LogP contribution in [0.4, 0.5) is 0 Å². The molecule has 17 heavy (non-hydrogen) atoms. The standard InChI is InChI=1S/C14H22N2O/c1-13-4-2-5-14(12-13)17-11-3-8-16-9-6-15-7-10-16/h2,4-5,12,15H,3,6-11H2,1H3. The van der Waals surface area contributed by atoms with Crippen LogP contribution in [0.1, 0.15) is 12.0 Å². The quantitative estimate of drug-likeness (QED) is 0.784. The number of aryl methyl sites for hydroxylation is 1. The molecule has 0 amide bonds. The van der Waals surface area contributed by atoms with E-state index in [0.29, 0.717) is 0 Å². The van der Waals surface area contributed by atoms with Gasteiger partial charge in [0.25, 0.3) is 0 Å².